The fourth-order valence-electron chi connectivity index (χ4n) is 2.62. The van der Waals surface area contributed by atoms with Gasteiger partial charge in [0.1, 0.15) is 11.6 Å². The monoisotopic (exact) mass is 352 g/mol. The number of hydrogen-bond donors (Lipinski definition) is 2. The van der Waals surface area contributed by atoms with Crippen LogP contribution in [0.15, 0.2) is 41.3 Å². The number of benzene rings is 1. The maximum Gasteiger partial charge on any atom is 0.274 e. The van der Waals surface area contributed by atoms with Crippen LogP contribution < -0.4 is 16.6 Å². The molecule has 0 unspecified atom stereocenters. The van der Waals surface area contributed by atoms with E-state index in [4.69, 9.17) is 5.73 Å². The number of carbonyl (C=O) groups excluding carboxylic acids is 1. The topological polar surface area (TPSA) is 116 Å². The average molecular weight is 352 g/mol. The van der Waals surface area contributed by atoms with Gasteiger partial charge in [0.25, 0.3) is 11.5 Å². The molecule has 0 atom stereocenters. The van der Waals surface area contributed by atoms with Gasteiger partial charge in [0.05, 0.1) is 11.9 Å². The van der Waals surface area contributed by atoms with Crippen LogP contribution in [0.4, 0.5) is 5.82 Å². The lowest BCUT2D eigenvalue weighted by atomic mass is 10.1. The minimum Gasteiger partial charge on any atom is -0.384 e. The minimum absolute atomic E-state index is 0.114. The van der Waals surface area contributed by atoms with Gasteiger partial charge >= 0.3 is 0 Å². The van der Waals surface area contributed by atoms with E-state index >= 15 is 0 Å². The molecule has 3 rings (SSSR count). The van der Waals surface area contributed by atoms with E-state index in [1.807, 2.05) is 13.8 Å². The molecule has 0 aliphatic heterocycles. The van der Waals surface area contributed by atoms with Gasteiger partial charge < -0.3 is 11.1 Å². The van der Waals surface area contributed by atoms with Crippen LogP contribution in [0.5, 0.6) is 0 Å². The zero-order valence-electron chi connectivity index (χ0n) is 14.6. The van der Waals surface area contributed by atoms with Gasteiger partial charge in [0.2, 0.25) is 0 Å². The van der Waals surface area contributed by atoms with E-state index in [1.165, 1.54) is 10.9 Å². The van der Waals surface area contributed by atoms with Crippen LogP contribution >= 0.6 is 0 Å². The highest BCUT2D eigenvalue weighted by atomic mass is 16.2. The third kappa shape index (κ3) is 3.69. The van der Waals surface area contributed by atoms with Crippen molar-refractivity contribution >= 4 is 22.5 Å². The first kappa shape index (κ1) is 17.5. The van der Waals surface area contributed by atoms with Gasteiger partial charge in [-0.2, -0.15) is 5.10 Å². The van der Waals surface area contributed by atoms with Gasteiger partial charge in [-0.05, 0) is 18.1 Å². The van der Waals surface area contributed by atoms with Gasteiger partial charge in [-0.25, -0.2) is 14.6 Å². The highest BCUT2D eigenvalue weighted by Gasteiger charge is 2.17. The summed E-state index contributed by atoms with van der Waals surface area (Å²) in [5.41, 5.74) is 5.61. The minimum atomic E-state index is -0.398. The van der Waals surface area contributed by atoms with E-state index in [9.17, 15) is 9.59 Å². The predicted octanol–water partition coefficient (Wildman–Crippen LogP) is 1.35. The first-order valence-corrected chi connectivity index (χ1v) is 8.31. The number of aromatic nitrogens is 4. The van der Waals surface area contributed by atoms with Crippen molar-refractivity contribution in [2.24, 2.45) is 5.92 Å². The van der Waals surface area contributed by atoms with Gasteiger partial charge in [0, 0.05) is 18.1 Å². The van der Waals surface area contributed by atoms with E-state index in [1.54, 1.807) is 30.3 Å². The first-order chi connectivity index (χ1) is 12.5. The van der Waals surface area contributed by atoms with Crippen LogP contribution in [0.1, 0.15) is 30.2 Å². The number of anilines is 1. The van der Waals surface area contributed by atoms with Crippen molar-refractivity contribution in [3.8, 4) is 0 Å². The lowest BCUT2D eigenvalue weighted by Crippen LogP contribution is -2.31. The number of nitrogens with one attached hydrogen (secondary N) is 1. The molecule has 0 saturated carbocycles. The van der Waals surface area contributed by atoms with Crippen LogP contribution in [-0.2, 0) is 13.1 Å². The van der Waals surface area contributed by atoms with Crippen molar-refractivity contribution in [2.45, 2.75) is 26.9 Å². The number of carbonyl (C=O) groups is 1. The van der Waals surface area contributed by atoms with E-state index in [0.717, 1.165) is 0 Å². The molecule has 1 amide bonds. The average Bonchev–Trinajstić information content (AvgIpc) is 2.62. The Balaban J connectivity index is 1.96. The van der Waals surface area contributed by atoms with Crippen molar-refractivity contribution in [1.29, 1.82) is 0 Å². The van der Waals surface area contributed by atoms with Crippen LogP contribution in [-0.4, -0.2) is 25.7 Å². The van der Waals surface area contributed by atoms with Crippen LogP contribution in [0, 0.1) is 5.92 Å². The molecule has 0 bridgehead atoms. The van der Waals surface area contributed by atoms with Gasteiger partial charge in [0.15, 0.2) is 5.69 Å². The second-order valence-corrected chi connectivity index (χ2v) is 6.36. The third-order valence-corrected chi connectivity index (χ3v) is 3.75. The predicted molar refractivity (Wildman–Crippen MR) is 98.5 cm³/mol. The molecule has 3 N–H and O–H groups in total. The van der Waals surface area contributed by atoms with Crippen molar-refractivity contribution in [2.75, 3.05) is 5.73 Å². The molecule has 3 aromatic rings. The Hall–Kier alpha value is -3.29. The highest BCUT2D eigenvalue weighted by Crippen LogP contribution is 2.14. The molecule has 8 heteroatoms. The Bertz CT molecular complexity index is 1010. The van der Waals surface area contributed by atoms with Gasteiger partial charge in [-0.1, -0.05) is 32.0 Å². The van der Waals surface area contributed by atoms with Crippen LogP contribution in [0.2, 0.25) is 0 Å². The normalized spacial score (nSPS) is 11.0. The fraction of sp³-hybridized carbons (Fsp3) is 0.278. The zero-order chi connectivity index (χ0) is 18.7. The SMILES string of the molecule is CC(C)Cn1nc(C(=O)NCc2nccc(N)n2)c2ccccc2c1=O. The molecule has 0 radical (unpaired) electrons. The summed E-state index contributed by atoms with van der Waals surface area (Å²) in [4.78, 5) is 33.4. The maximum absolute atomic E-state index is 12.7. The summed E-state index contributed by atoms with van der Waals surface area (Å²) in [6.45, 7) is 4.52. The maximum atomic E-state index is 12.7. The van der Waals surface area contributed by atoms with Crippen molar-refractivity contribution in [1.82, 2.24) is 25.1 Å². The Kier molecular flexibility index (Phi) is 4.92. The fourth-order valence-corrected chi connectivity index (χ4v) is 2.62. The Morgan fingerprint density at radius 3 is 2.65 bits per heavy atom. The zero-order valence-corrected chi connectivity index (χ0v) is 14.6. The number of fused-ring (bicyclic) bond motifs is 1. The van der Waals surface area contributed by atoms with Crippen molar-refractivity contribution < 1.29 is 4.79 Å². The first-order valence-electron chi connectivity index (χ1n) is 8.31. The van der Waals surface area contributed by atoms with E-state index < -0.39 is 5.91 Å². The molecular formula is C18H20N6O2. The molecule has 0 spiro atoms. The summed E-state index contributed by atoms with van der Waals surface area (Å²) in [5.74, 6) is 0.555. The largest absolute Gasteiger partial charge is 0.384 e. The number of rotatable bonds is 5. The molecule has 26 heavy (non-hydrogen) atoms. The lowest BCUT2D eigenvalue weighted by molar-refractivity contribution is 0.0944. The molecular weight excluding hydrogens is 332 g/mol. The molecule has 0 aliphatic carbocycles. The molecule has 134 valence electrons. The Morgan fingerprint density at radius 1 is 1.23 bits per heavy atom. The smallest absolute Gasteiger partial charge is 0.274 e. The van der Waals surface area contributed by atoms with E-state index in [2.05, 4.69) is 20.4 Å². The van der Waals surface area contributed by atoms with Gasteiger partial charge in [-0.15, -0.1) is 0 Å². The summed E-state index contributed by atoms with van der Waals surface area (Å²) in [6.07, 6.45) is 1.53. The molecule has 2 aromatic heterocycles. The molecule has 8 nitrogen and oxygen atoms in total. The molecule has 0 aliphatic rings. The molecule has 2 heterocycles. The van der Waals surface area contributed by atoms with E-state index in [0.29, 0.717) is 29.0 Å². The third-order valence-electron chi connectivity index (χ3n) is 3.75. The second-order valence-electron chi connectivity index (χ2n) is 6.36. The summed E-state index contributed by atoms with van der Waals surface area (Å²) in [5, 5.41) is 8.02. The lowest BCUT2D eigenvalue weighted by Gasteiger charge is -2.12. The Morgan fingerprint density at radius 2 is 1.96 bits per heavy atom. The van der Waals surface area contributed by atoms with Crippen molar-refractivity contribution in [3.63, 3.8) is 0 Å². The molecule has 0 saturated heterocycles. The standard InChI is InChI=1S/C18H20N6O2/c1-11(2)10-24-18(26)13-6-4-3-5-12(13)16(23-24)17(25)21-9-15-20-8-7-14(19)22-15/h3-8,11H,9-10H2,1-2H3,(H,21,25)(H2,19,20,22). The summed E-state index contributed by atoms with van der Waals surface area (Å²) >= 11 is 0. The van der Waals surface area contributed by atoms with Gasteiger partial charge in [-0.3, -0.25) is 9.59 Å². The summed E-state index contributed by atoms with van der Waals surface area (Å²) < 4.78 is 1.35. The molecule has 0 fully saturated rings. The second kappa shape index (κ2) is 7.30. The number of nitrogens with zero attached hydrogens (tertiary/aromatic N) is 4. The quantitative estimate of drug-likeness (QED) is 0.716. The number of hydrogen-bond acceptors (Lipinski definition) is 6. The number of nitrogen functional groups attached to an aromatic ring is 1. The summed E-state index contributed by atoms with van der Waals surface area (Å²) in [7, 11) is 0. The highest BCUT2D eigenvalue weighted by molar-refractivity contribution is 6.04. The van der Waals surface area contributed by atoms with Crippen LogP contribution in [0.25, 0.3) is 10.8 Å². The van der Waals surface area contributed by atoms with E-state index in [-0.39, 0.29) is 23.7 Å². The number of amides is 1. The van der Waals surface area contributed by atoms with Crippen molar-refractivity contribution in [3.05, 3.63) is 58.4 Å². The Labute approximate surface area is 150 Å². The summed E-state index contributed by atoms with van der Waals surface area (Å²) in [6, 6.07) is 8.53. The molecule has 1 aromatic carbocycles. The number of nitrogens with two attached hydrogens (primary N) is 1. The van der Waals surface area contributed by atoms with Crippen LogP contribution in [0.3, 0.4) is 0 Å².